The minimum Gasteiger partial charge on any atom is -0.322 e. The first-order valence-electron chi connectivity index (χ1n) is 3.78. The maximum atomic E-state index is 8.73. The summed E-state index contributed by atoms with van der Waals surface area (Å²) in [6.45, 7) is 2.03. The molecule has 0 bridgehead atoms. The summed E-state index contributed by atoms with van der Waals surface area (Å²) >= 11 is 0. The van der Waals surface area contributed by atoms with E-state index in [2.05, 4.69) is 6.07 Å². The molecule has 2 aromatic heterocycles. The van der Waals surface area contributed by atoms with E-state index in [9.17, 15) is 0 Å². The van der Waals surface area contributed by atoms with Crippen molar-refractivity contribution in [2.24, 2.45) is 0 Å². The van der Waals surface area contributed by atoms with Crippen LogP contribution < -0.4 is 0 Å². The molecular formula is C10H8N2. The van der Waals surface area contributed by atoms with Gasteiger partial charge in [0, 0.05) is 12.4 Å². The fourth-order valence-corrected chi connectivity index (χ4v) is 1.32. The van der Waals surface area contributed by atoms with E-state index in [0.29, 0.717) is 0 Å². The Balaban J connectivity index is 2.84. The van der Waals surface area contributed by atoms with Gasteiger partial charge in [-0.3, -0.25) is 0 Å². The second-order valence-electron chi connectivity index (χ2n) is 2.84. The SMILES string of the molecule is Cc1ccc2c(C#N)ccn2c1. The molecule has 0 aliphatic heterocycles. The van der Waals surface area contributed by atoms with Crippen molar-refractivity contribution in [3.8, 4) is 6.07 Å². The van der Waals surface area contributed by atoms with Gasteiger partial charge in [0.2, 0.25) is 0 Å². The van der Waals surface area contributed by atoms with Crippen molar-refractivity contribution in [2.75, 3.05) is 0 Å². The van der Waals surface area contributed by atoms with Crippen molar-refractivity contribution in [1.82, 2.24) is 4.40 Å². The number of hydrogen-bond acceptors (Lipinski definition) is 1. The molecule has 2 heteroatoms. The molecule has 0 N–H and O–H groups in total. The Labute approximate surface area is 70.7 Å². The second kappa shape index (κ2) is 2.38. The van der Waals surface area contributed by atoms with Crippen LogP contribution >= 0.6 is 0 Å². The number of aryl methyl sites for hydroxylation is 1. The molecule has 2 aromatic rings. The van der Waals surface area contributed by atoms with E-state index in [1.807, 2.05) is 41.9 Å². The zero-order valence-corrected chi connectivity index (χ0v) is 6.78. The highest BCUT2D eigenvalue weighted by molar-refractivity contribution is 5.61. The van der Waals surface area contributed by atoms with Crippen LogP contribution in [0.2, 0.25) is 0 Å². The maximum Gasteiger partial charge on any atom is 0.101 e. The van der Waals surface area contributed by atoms with Crippen LogP contribution in [0.15, 0.2) is 30.6 Å². The number of rotatable bonds is 0. The normalized spacial score (nSPS) is 10.0. The lowest BCUT2D eigenvalue weighted by Crippen LogP contribution is -1.83. The van der Waals surface area contributed by atoms with Crippen molar-refractivity contribution in [3.63, 3.8) is 0 Å². The quantitative estimate of drug-likeness (QED) is 0.574. The van der Waals surface area contributed by atoms with Crippen LogP contribution in [0.1, 0.15) is 11.1 Å². The first-order chi connectivity index (χ1) is 5.81. The third-order valence-electron chi connectivity index (χ3n) is 1.92. The van der Waals surface area contributed by atoms with E-state index in [0.717, 1.165) is 11.1 Å². The Hall–Kier alpha value is -1.75. The van der Waals surface area contributed by atoms with Gasteiger partial charge in [-0.1, -0.05) is 6.07 Å². The summed E-state index contributed by atoms with van der Waals surface area (Å²) in [6.07, 6.45) is 3.91. The average molecular weight is 156 g/mol. The van der Waals surface area contributed by atoms with E-state index in [1.54, 1.807) is 0 Å². The summed E-state index contributed by atoms with van der Waals surface area (Å²) in [4.78, 5) is 0. The maximum absolute atomic E-state index is 8.73. The highest BCUT2D eigenvalue weighted by Gasteiger charge is 1.99. The van der Waals surface area contributed by atoms with Crippen LogP contribution in [0, 0.1) is 18.3 Å². The lowest BCUT2D eigenvalue weighted by atomic mass is 10.2. The molecule has 0 spiro atoms. The van der Waals surface area contributed by atoms with Crippen LogP contribution in [-0.4, -0.2) is 4.40 Å². The Morgan fingerprint density at radius 1 is 1.33 bits per heavy atom. The molecule has 2 nitrogen and oxygen atoms in total. The van der Waals surface area contributed by atoms with Crippen LogP contribution in [0.3, 0.4) is 0 Å². The molecule has 0 amide bonds. The zero-order chi connectivity index (χ0) is 8.55. The summed E-state index contributed by atoms with van der Waals surface area (Å²) in [5, 5.41) is 8.73. The topological polar surface area (TPSA) is 28.2 Å². The summed E-state index contributed by atoms with van der Waals surface area (Å²) in [6, 6.07) is 7.95. The predicted octanol–water partition coefficient (Wildman–Crippen LogP) is 2.12. The molecule has 0 saturated carbocycles. The molecular weight excluding hydrogens is 148 g/mol. The van der Waals surface area contributed by atoms with Gasteiger partial charge in [-0.15, -0.1) is 0 Å². The van der Waals surface area contributed by atoms with Gasteiger partial charge in [0.25, 0.3) is 0 Å². The molecule has 0 fully saturated rings. The molecule has 0 radical (unpaired) electrons. The fraction of sp³-hybridized carbons (Fsp3) is 0.100. The summed E-state index contributed by atoms with van der Waals surface area (Å²) in [5.74, 6) is 0. The number of hydrogen-bond donors (Lipinski definition) is 0. The van der Waals surface area contributed by atoms with Crippen molar-refractivity contribution in [3.05, 3.63) is 41.7 Å². The second-order valence-corrected chi connectivity index (χ2v) is 2.84. The van der Waals surface area contributed by atoms with Crippen molar-refractivity contribution >= 4 is 5.52 Å². The zero-order valence-electron chi connectivity index (χ0n) is 6.78. The molecule has 0 unspecified atom stereocenters. The highest BCUT2D eigenvalue weighted by Crippen LogP contribution is 2.12. The van der Waals surface area contributed by atoms with E-state index in [1.165, 1.54) is 5.56 Å². The summed E-state index contributed by atoms with van der Waals surface area (Å²) < 4.78 is 1.97. The van der Waals surface area contributed by atoms with Crippen LogP contribution in [0.25, 0.3) is 5.52 Å². The molecule has 12 heavy (non-hydrogen) atoms. The number of pyridine rings is 1. The number of nitrogens with zero attached hydrogens (tertiary/aromatic N) is 2. The first-order valence-corrected chi connectivity index (χ1v) is 3.78. The molecule has 0 saturated heterocycles. The Morgan fingerprint density at radius 2 is 2.17 bits per heavy atom. The van der Waals surface area contributed by atoms with Crippen molar-refractivity contribution < 1.29 is 0 Å². The monoisotopic (exact) mass is 156 g/mol. The summed E-state index contributed by atoms with van der Waals surface area (Å²) in [7, 11) is 0. The Kier molecular flexibility index (Phi) is 1.38. The standard InChI is InChI=1S/C10H8N2/c1-8-2-3-10-9(6-11)4-5-12(10)7-8/h2-5,7H,1H3. The van der Waals surface area contributed by atoms with Gasteiger partial charge in [0.05, 0.1) is 11.1 Å². The fourth-order valence-electron chi connectivity index (χ4n) is 1.32. The average Bonchev–Trinajstić information content (AvgIpc) is 2.46. The smallest absolute Gasteiger partial charge is 0.101 e. The molecule has 58 valence electrons. The lowest BCUT2D eigenvalue weighted by Gasteiger charge is -1.95. The van der Waals surface area contributed by atoms with Gasteiger partial charge in [-0.25, -0.2) is 0 Å². The highest BCUT2D eigenvalue weighted by atomic mass is 14.9. The molecule has 2 heterocycles. The van der Waals surface area contributed by atoms with Crippen LogP contribution in [0.5, 0.6) is 0 Å². The van der Waals surface area contributed by atoms with Crippen LogP contribution in [-0.2, 0) is 0 Å². The number of nitriles is 1. The van der Waals surface area contributed by atoms with Crippen LogP contribution in [0.4, 0.5) is 0 Å². The van der Waals surface area contributed by atoms with Gasteiger partial charge >= 0.3 is 0 Å². The van der Waals surface area contributed by atoms with Gasteiger partial charge < -0.3 is 4.40 Å². The molecule has 0 atom stereocenters. The van der Waals surface area contributed by atoms with Crippen molar-refractivity contribution in [2.45, 2.75) is 6.92 Å². The van der Waals surface area contributed by atoms with E-state index < -0.39 is 0 Å². The van der Waals surface area contributed by atoms with E-state index in [-0.39, 0.29) is 0 Å². The minimum absolute atomic E-state index is 0.731. The molecule has 2 rings (SSSR count). The predicted molar refractivity (Wildman–Crippen MR) is 46.8 cm³/mol. The Morgan fingerprint density at radius 3 is 2.92 bits per heavy atom. The third kappa shape index (κ3) is 0.876. The summed E-state index contributed by atoms with van der Waals surface area (Å²) in [5.41, 5.74) is 2.90. The Bertz CT molecular complexity index is 460. The van der Waals surface area contributed by atoms with Gasteiger partial charge in [-0.05, 0) is 24.6 Å². The first kappa shape index (κ1) is 6.93. The van der Waals surface area contributed by atoms with E-state index >= 15 is 0 Å². The van der Waals surface area contributed by atoms with Gasteiger partial charge in [0.1, 0.15) is 6.07 Å². The molecule has 0 aliphatic carbocycles. The molecule has 0 aliphatic rings. The third-order valence-corrected chi connectivity index (χ3v) is 1.92. The largest absolute Gasteiger partial charge is 0.322 e. The van der Waals surface area contributed by atoms with Crippen molar-refractivity contribution in [1.29, 1.82) is 5.26 Å². The lowest BCUT2D eigenvalue weighted by molar-refractivity contribution is 1.17. The van der Waals surface area contributed by atoms with E-state index in [4.69, 9.17) is 5.26 Å². The minimum atomic E-state index is 0.731. The molecule has 0 aromatic carbocycles. The van der Waals surface area contributed by atoms with Gasteiger partial charge in [0.15, 0.2) is 0 Å². The number of fused-ring (bicyclic) bond motifs is 1. The van der Waals surface area contributed by atoms with Gasteiger partial charge in [-0.2, -0.15) is 5.26 Å². The number of aromatic nitrogens is 1.